The van der Waals surface area contributed by atoms with Crippen LogP contribution in [0.25, 0.3) is 0 Å². The van der Waals surface area contributed by atoms with Crippen LogP contribution in [0.2, 0.25) is 0 Å². The molecule has 0 aliphatic rings. The zero-order valence-electron chi connectivity index (χ0n) is 10.7. The number of halogens is 2. The fourth-order valence-electron chi connectivity index (χ4n) is 1.91. The first-order valence-corrected chi connectivity index (χ1v) is 7.50. The maximum absolute atomic E-state index is 10.9. The molecule has 20 heavy (non-hydrogen) atoms. The molecule has 0 aliphatic heterocycles. The number of para-hydroxylation sites is 1. The third kappa shape index (κ3) is 3.19. The van der Waals surface area contributed by atoms with E-state index in [1.165, 1.54) is 6.07 Å². The molecule has 1 N–H and O–H groups in total. The summed E-state index contributed by atoms with van der Waals surface area (Å²) in [7, 11) is 0. The minimum atomic E-state index is -0.354. The first-order valence-electron chi connectivity index (χ1n) is 5.91. The Bertz CT molecular complexity index is 639. The second-order valence-corrected chi connectivity index (χ2v) is 5.98. The minimum absolute atomic E-state index is 0.149. The van der Waals surface area contributed by atoms with Crippen LogP contribution in [0.5, 0.6) is 0 Å². The van der Waals surface area contributed by atoms with Crippen LogP contribution >= 0.6 is 31.9 Å². The molecule has 0 bridgehead atoms. The first kappa shape index (κ1) is 15.0. The molecule has 6 heteroatoms. The Balaban J connectivity index is 2.24. The number of nitro benzene ring substituents is 1. The van der Waals surface area contributed by atoms with Crippen molar-refractivity contribution in [1.29, 1.82) is 0 Å². The monoisotopic (exact) mass is 398 g/mol. The molecule has 0 heterocycles. The van der Waals surface area contributed by atoms with E-state index in [1.54, 1.807) is 13.0 Å². The van der Waals surface area contributed by atoms with E-state index in [9.17, 15) is 10.1 Å². The van der Waals surface area contributed by atoms with E-state index in [1.807, 2.05) is 24.3 Å². The summed E-state index contributed by atoms with van der Waals surface area (Å²) >= 11 is 6.95. The molecule has 0 aliphatic carbocycles. The highest BCUT2D eigenvalue weighted by Gasteiger charge is 2.13. The van der Waals surface area contributed by atoms with Crippen molar-refractivity contribution >= 4 is 43.2 Å². The van der Waals surface area contributed by atoms with Crippen molar-refractivity contribution in [2.75, 3.05) is 5.32 Å². The van der Waals surface area contributed by atoms with Crippen LogP contribution in [0.15, 0.2) is 45.3 Å². The zero-order chi connectivity index (χ0) is 14.7. The Morgan fingerprint density at radius 1 is 1.15 bits per heavy atom. The van der Waals surface area contributed by atoms with Crippen LogP contribution in [0.4, 0.5) is 11.4 Å². The van der Waals surface area contributed by atoms with Gasteiger partial charge >= 0.3 is 0 Å². The van der Waals surface area contributed by atoms with Crippen LogP contribution in [0.3, 0.4) is 0 Å². The number of nitrogens with zero attached hydrogens (tertiary/aromatic N) is 1. The highest BCUT2D eigenvalue weighted by molar-refractivity contribution is 9.11. The molecule has 2 rings (SSSR count). The molecule has 2 aromatic rings. The average molecular weight is 400 g/mol. The third-order valence-corrected chi connectivity index (χ3v) is 4.35. The minimum Gasteiger partial charge on any atom is -0.379 e. The SMILES string of the molecule is Cc1c(CNc2c(Br)cccc2Br)cccc1[N+](=O)[O-]. The first-order chi connectivity index (χ1) is 9.50. The van der Waals surface area contributed by atoms with Crippen molar-refractivity contribution in [3.8, 4) is 0 Å². The predicted molar refractivity (Wildman–Crippen MR) is 87.0 cm³/mol. The van der Waals surface area contributed by atoms with Gasteiger partial charge in [-0.1, -0.05) is 18.2 Å². The van der Waals surface area contributed by atoms with E-state index in [2.05, 4.69) is 37.2 Å². The van der Waals surface area contributed by atoms with E-state index in [0.29, 0.717) is 12.1 Å². The van der Waals surface area contributed by atoms with Crippen molar-refractivity contribution in [2.45, 2.75) is 13.5 Å². The smallest absolute Gasteiger partial charge is 0.272 e. The highest BCUT2D eigenvalue weighted by Crippen LogP contribution is 2.31. The lowest BCUT2D eigenvalue weighted by Gasteiger charge is -2.12. The van der Waals surface area contributed by atoms with Crippen LogP contribution < -0.4 is 5.32 Å². The molecule has 0 spiro atoms. The lowest BCUT2D eigenvalue weighted by molar-refractivity contribution is -0.385. The van der Waals surface area contributed by atoms with Crippen LogP contribution in [-0.4, -0.2) is 4.92 Å². The summed E-state index contributed by atoms with van der Waals surface area (Å²) in [6, 6.07) is 10.9. The number of hydrogen-bond acceptors (Lipinski definition) is 3. The standard InChI is InChI=1S/C14H12Br2N2O2/c1-9-10(4-2-7-13(9)18(19)20)8-17-14-11(15)5-3-6-12(14)16/h2-7,17H,8H2,1H3. The normalized spacial score (nSPS) is 10.3. The van der Waals surface area contributed by atoms with Crippen LogP contribution in [-0.2, 0) is 6.54 Å². The second kappa shape index (κ2) is 6.37. The molecule has 2 aromatic carbocycles. The van der Waals surface area contributed by atoms with E-state index in [4.69, 9.17) is 0 Å². The Hall–Kier alpha value is -1.40. The fraction of sp³-hybridized carbons (Fsp3) is 0.143. The van der Waals surface area contributed by atoms with Gasteiger partial charge in [-0.2, -0.15) is 0 Å². The summed E-state index contributed by atoms with van der Waals surface area (Å²) in [5, 5.41) is 14.2. The van der Waals surface area contributed by atoms with E-state index in [-0.39, 0.29) is 10.6 Å². The molecule has 0 fully saturated rings. The van der Waals surface area contributed by atoms with Gasteiger partial charge in [-0.15, -0.1) is 0 Å². The molecule has 0 atom stereocenters. The van der Waals surface area contributed by atoms with E-state index in [0.717, 1.165) is 20.2 Å². The maximum Gasteiger partial charge on any atom is 0.272 e. The molecule has 0 saturated heterocycles. The summed E-state index contributed by atoms with van der Waals surface area (Å²) < 4.78 is 1.88. The zero-order valence-corrected chi connectivity index (χ0v) is 13.9. The van der Waals surface area contributed by atoms with Gasteiger partial charge in [-0.05, 0) is 56.5 Å². The lowest BCUT2D eigenvalue weighted by Crippen LogP contribution is -2.04. The number of rotatable bonds is 4. The van der Waals surface area contributed by atoms with Crippen LogP contribution in [0.1, 0.15) is 11.1 Å². The summed E-state index contributed by atoms with van der Waals surface area (Å²) in [6.45, 7) is 2.29. The number of nitro groups is 1. The predicted octanol–water partition coefficient (Wildman–Crippen LogP) is 5.04. The van der Waals surface area contributed by atoms with Gasteiger partial charge in [0, 0.05) is 27.1 Å². The Morgan fingerprint density at radius 3 is 2.35 bits per heavy atom. The second-order valence-electron chi connectivity index (χ2n) is 4.27. The van der Waals surface area contributed by atoms with Crippen molar-refractivity contribution in [3.63, 3.8) is 0 Å². The van der Waals surface area contributed by atoms with Crippen molar-refractivity contribution in [1.82, 2.24) is 0 Å². The highest BCUT2D eigenvalue weighted by atomic mass is 79.9. The van der Waals surface area contributed by atoms with Gasteiger partial charge in [-0.25, -0.2) is 0 Å². The van der Waals surface area contributed by atoms with E-state index >= 15 is 0 Å². The van der Waals surface area contributed by atoms with E-state index < -0.39 is 0 Å². The molecule has 0 saturated carbocycles. The quantitative estimate of drug-likeness (QED) is 0.578. The molecule has 0 aromatic heterocycles. The number of anilines is 1. The maximum atomic E-state index is 10.9. The number of benzene rings is 2. The Kier molecular flexibility index (Phi) is 4.77. The summed E-state index contributed by atoms with van der Waals surface area (Å²) in [5.74, 6) is 0. The molecule has 4 nitrogen and oxygen atoms in total. The van der Waals surface area contributed by atoms with Gasteiger partial charge < -0.3 is 5.32 Å². The van der Waals surface area contributed by atoms with Crippen LogP contribution in [0, 0.1) is 17.0 Å². The van der Waals surface area contributed by atoms with Gasteiger partial charge in [-0.3, -0.25) is 10.1 Å². The summed E-state index contributed by atoms with van der Waals surface area (Å²) in [6.07, 6.45) is 0. The molecule has 0 radical (unpaired) electrons. The molecular formula is C14H12Br2N2O2. The molecule has 104 valence electrons. The van der Waals surface area contributed by atoms with Gasteiger partial charge in [0.15, 0.2) is 0 Å². The largest absolute Gasteiger partial charge is 0.379 e. The van der Waals surface area contributed by atoms with Gasteiger partial charge in [0.25, 0.3) is 5.69 Å². The molecule has 0 amide bonds. The molecule has 0 unspecified atom stereocenters. The Morgan fingerprint density at radius 2 is 1.75 bits per heavy atom. The van der Waals surface area contributed by atoms with Crippen molar-refractivity contribution in [3.05, 3.63) is 66.6 Å². The average Bonchev–Trinajstić information content (AvgIpc) is 2.39. The Labute approximate surface area is 133 Å². The topological polar surface area (TPSA) is 55.2 Å². The third-order valence-electron chi connectivity index (χ3n) is 3.03. The summed E-state index contributed by atoms with van der Waals surface area (Å²) in [4.78, 5) is 10.6. The van der Waals surface area contributed by atoms with Gasteiger partial charge in [0.1, 0.15) is 0 Å². The van der Waals surface area contributed by atoms with Crippen molar-refractivity contribution < 1.29 is 4.92 Å². The van der Waals surface area contributed by atoms with Gasteiger partial charge in [0.05, 0.1) is 10.6 Å². The van der Waals surface area contributed by atoms with Gasteiger partial charge in [0.2, 0.25) is 0 Å². The summed E-state index contributed by atoms with van der Waals surface area (Å²) in [5.41, 5.74) is 2.67. The lowest BCUT2D eigenvalue weighted by atomic mass is 10.1. The molecular weight excluding hydrogens is 388 g/mol. The number of nitrogens with one attached hydrogen (secondary N) is 1. The van der Waals surface area contributed by atoms with Crippen molar-refractivity contribution in [2.24, 2.45) is 0 Å². The number of hydrogen-bond donors (Lipinski definition) is 1. The fourth-order valence-corrected chi connectivity index (χ4v) is 3.19.